The average molecular weight is 379 g/mol. The molecule has 0 saturated carbocycles. The van der Waals surface area contributed by atoms with Crippen molar-refractivity contribution < 1.29 is 9.21 Å². The van der Waals surface area contributed by atoms with Gasteiger partial charge in [0.1, 0.15) is 24.2 Å². The van der Waals surface area contributed by atoms with E-state index in [0.717, 1.165) is 49.7 Å². The summed E-state index contributed by atoms with van der Waals surface area (Å²) < 4.78 is 7.43. The maximum Gasteiger partial charge on any atom is 0.253 e. The molecule has 0 aliphatic carbocycles. The number of likely N-dealkylation sites (tertiary alicyclic amines) is 1. The minimum atomic E-state index is -0.0576. The molecular weight excluding hydrogens is 354 g/mol. The smallest absolute Gasteiger partial charge is 0.253 e. The molecule has 2 aromatic heterocycles. The number of hydrogen-bond acceptors (Lipinski definition) is 5. The predicted molar refractivity (Wildman–Crippen MR) is 105 cm³/mol. The molecule has 1 amide bonds. The fourth-order valence-corrected chi connectivity index (χ4v) is 3.69. The number of nitrogens with zero attached hydrogens (tertiary/aromatic N) is 4. The Morgan fingerprint density at radius 2 is 1.89 bits per heavy atom. The van der Waals surface area contributed by atoms with E-state index in [1.807, 2.05) is 37.3 Å². The van der Waals surface area contributed by atoms with Gasteiger partial charge in [-0.25, -0.2) is 0 Å². The van der Waals surface area contributed by atoms with E-state index in [-0.39, 0.29) is 5.91 Å². The van der Waals surface area contributed by atoms with Crippen LogP contribution < -0.4 is 5.32 Å². The number of aromatic nitrogens is 3. The van der Waals surface area contributed by atoms with E-state index in [0.29, 0.717) is 18.0 Å². The molecule has 1 aromatic carbocycles. The summed E-state index contributed by atoms with van der Waals surface area (Å²) in [6.07, 6.45) is 5.35. The molecule has 1 aliphatic rings. The van der Waals surface area contributed by atoms with Gasteiger partial charge in [-0.3, -0.25) is 14.3 Å². The molecule has 0 atom stereocenters. The van der Waals surface area contributed by atoms with Gasteiger partial charge in [-0.05, 0) is 63.0 Å². The minimum absolute atomic E-state index is 0.0576. The van der Waals surface area contributed by atoms with E-state index in [9.17, 15) is 4.79 Å². The van der Waals surface area contributed by atoms with Crippen LogP contribution in [0.3, 0.4) is 0 Å². The first-order valence-corrected chi connectivity index (χ1v) is 9.69. The van der Waals surface area contributed by atoms with Crippen LogP contribution in [0, 0.1) is 12.8 Å². The Morgan fingerprint density at radius 1 is 1.14 bits per heavy atom. The molecule has 28 heavy (non-hydrogen) atoms. The van der Waals surface area contributed by atoms with Gasteiger partial charge in [-0.2, -0.15) is 0 Å². The second-order valence-corrected chi connectivity index (χ2v) is 7.33. The van der Waals surface area contributed by atoms with Crippen molar-refractivity contribution in [1.29, 1.82) is 0 Å². The number of hydrogen-bond donors (Lipinski definition) is 1. The predicted octanol–water partition coefficient (Wildman–Crippen LogP) is 2.81. The molecular formula is C21H25N5O2. The van der Waals surface area contributed by atoms with Gasteiger partial charge in [0.15, 0.2) is 0 Å². The number of piperidine rings is 1. The number of nitrogens with one attached hydrogen (secondary N) is 1. The van der Waals surface area contributed by atoms with Gasteiger partial charge in [0, 0.05) is 6.54 Å². The van der Waals surface area contributed by atoms with E-state index in [4.69, 9.17) is 4.42 Å². The van der Waals surface area contributed by atoms with Gasteiger partial charge in [0.05, 0.1) is 17.8 Å². The molecule has 1 saturated heterocycles. The van der Waals surface area contributed by atoms with Crippen molar-refractivity contribution >= 4 is 5.91 Å². The SMILES string of the molecule is Cc1ccc(CN2CCC(CNC(=O)c3ccccc3-n3cnnc3)CC2)o1. The minimum Gasteiger partial charge on any atom is -0.465 e. The second-order valence-electron chi connectivity index (χ2n) is 7.33. The molecule has 7 heteroatoms. The van der Waals surface area contributed by atoms with Gasteiger partial charge in [0.2, 0.25) is 0 Å². The Balaban J connectivity index is 1.28. The van der Waals surface area contributed by atoms with E-state index >= 15 is 0 Å². The maximum absolute atomic E-state index is 12.7. The molecule has 3 heterocycles. The third-order valence-electron chi connectivity index (χ3n) is 5.28. The number of para-hydroxylation sites is 1. The molecule has 7 nitrogen and oxygen atoms in total. The molecule has 0 spiro atoms. The Hall–Kier alpha value is -2.93. The average Bonchev–Trinajstić information content (AvgIpc) is 3.39. The summed E-state index contributed by atoms with van der Waals surface area (Å²) in [5.41, 5.74) is 1.42. The van der Waals surface area contributed by atoms with Crippen LogP contribution in [0.15, 0.2) is 53.5 Å². The highest BCUT2D eigenvalue weighted by atomic mass is 16.3. The fraction of sp³-hybridized carbons (Fsp3) is 0.381. The largest absolute Gasteiger partial charge is 0.465 e. The monoisotopic (exact) mass is 379 g/mol. The van der Waals surface area contributed by atoms with Crippen molar-refractivity contribution in [1.82, 2.24) is 25.0 Å². The molecule has 146 valence electrons. The lowest BCUT2D eigenvalue weighted by Gasteiger charge is -2.31. The molecule has 1 fully saturated rings. The highest BCUT2D eigenvalue weighted by Crippen LogP contribution is 2.20. The van der Waals surface area contributed by atoms with E-state index < -0.39 is 0 Å². The Bertz CT molecular complexity index is 911. The molecule has 3 aromatic rings. The summed E-state index contributed by atoms with van der Waals surface area (Å²) in [6, 6.07) is 11.6. The fourth-order valence-electron chi connectivity index (χ4n) is 3.69. The van der Waals surface area contributed by atoms with Crippen molar-refractivity contribution in [2.24, 2.45) is 5.92 Å². The summed E-state index contributed by atoms with van der Waals surface area (Å²) in [6.45, 7) is 5.58. The van der Waals surface area contributed by atoms with Crippen LogP contribution >= 0.6 is 0 Å². The second kappa shape index (κ2) is 8.39. The van der Waals surface area contributed by atoms with Crippen molar-refractivity contribution in [3.63, 3.8) is 0 Å². The molecule has 4 rings (SSSR count). The Morgan fingerprint density at radius 3 is 2.61 bits per heavy atom. The molecule has 0 unspecified atom stereocenters. The molecule has 0 radical (unpaired) electrons. The normalized spacial score (nSPS) is 15.6. The van der Waals surface area contributed by atoms with Crippen LogP contribution in [0.2, 0.25) is 0 Å². The van der Waals surface area contributed by atoms with Gasteiger partial charge < -0.3 is 9.73 Å². The maximum atomic E-state index is 12.7. The Kier molecular flexibility index (Phi) is 5.53. The lowest BCUT2D eigenvalue weighted by atomic mass is 9.96. The third-order valence-corrected chi connectivity index (χ3v) is 5.28. The summed E-state index contributed by atoms with van der Waals surface area (Å²) in [5.74, 6) is 2.42. The lowest BCUT2D eigenvalue weighted by molar-refractivity contribution is 0.0934. The van der Waals surface area contributed by atoms with Crippen molar-refractivity contribution in [2.75, 3.05) is 19.6 Å². The molecule has 1 aliphatic heterocycles. The Labute approximate surface area is 164 Å². The van der Waals surface area contributed by atoms with E-state index in [1.54, 1.807) is 17.2 Å². The number of aryl methyl sites for hydroxylation is 1. The van der Waals surface area contributed by atoms with Crippen LogP contribution in [-0.4, -0.2) is 45.2 Å². The third kappa shape index (κ3) is 4.31. The highest BCUT2D eigenvalue weighted by molar-refractivity contribution is 5.97. The van der Waals surface area contributed by atoms with Crippen LogP contribution in [0.25, 0.3) is 5.69 Å². The summed E-state index contributed by atoms with van der Waals surface area (Å²) in [7, 11) is 0. The number of benzene rings is 1. The first kappa shape index (κ1) is 18.4. The van der Waals surface area contributed by atoms with Gasteiger partial charge in [0.25, 0.3) is 5.91 Å². The zero-order valence-electron chi connectivity index (χ0n) is 16.0. The van der Waals surface area contributed by atoms with Crippen LogP contribution in [-0.2, 0) is 6.54 Å². The lowest BCUT2D eigenvalue weighted by Crippen LogP contribution is -2.38. The molecule has 1 N–H and O–H groups in total. The number of carbonyl (C=O) groups is 1. The quantitative estimate of drug-likeness (QED) is 0.713. The van der Waals surface area contributed by atoms with Crippen LogP contribution in [0.5, 0.6) is 0 Å². The summed E-state index contributed by atoms with van der Waals surface area (Å²) >= 11 is 0. The van der Waals surface area contributed by atoms with Crippen LogP contribution in [0.4, 0.5) is 0 Å². The summed E-state index contributed by atoms with van der Waals surface area (Å²) in [4.78, 5) is 15.1. The first-order valence-electron chi connectivity index (χ1n) is 9.69. The molecule has 0 bridgehead atoms. The van der Waals surface area contributed by atoms with Gasteiger partial charge in [-0.1, -0.05) is 12.1 Å². The van der Waals surface area contributed by atoms with Crippen LogP contribution in [0.1, 0.15) is 34.7 Å². The van der Waals surface area contributed by atoms with Gasteiger partial charge >= 0.3 is 0 Å². The first-order chi connectivity index (χ1) is 13.7. The standard InChI is InChI=1S/C21H25N5O2/c1-16-6-7-18(28-16)13-25-10-8-17(9-11-25)12-22-21(27)19-4-2-3-5-20(19)26-14-23-24-15-26/h2-7,14-15,17H,8-13H2,1H3,(H,22,27). The van der Waals surface area contributed by atoms with Crippen molar-refractivity contribution in [3.8, 4) is 5.69 Å². The number of carbonyl (C=O) groups excluding carboxylic acids is 1. The number of furan rings is 1. The van der Waals surface area contributed by atoms with Crippen molar-refractivity contribution in [3.05, 3.63) is 66.1 Å². The number of rotatable bonds is 6. The van der Waals surface area contributed by atoms with E-state index in [2.05, 4.69) is 26.5 Å². The topological polar surface area (TPSA) is 76.2 Å². The zero-order valence-corrected chi connectivity index (χ0v) is 16.0. The van der Waals surface area contributed by atoms with E-state index in [1.165, 1.54) is 0 Å². The van der Waals surface area contributed by atoms with Crippen molar-refractivity contribution in [2.45, 2.75) is 26.3 Å². The number of amides is 1. The highest BCUT2D eigenvalue weighted by Gasteiger charge is 2.21. The zero-order chi connectivity index (χ0) is 19.3. The summed E-state index contributed by atoms with van der Waals surface area (Å²) in [5, 5.41) is 10.8. The van der Waals surface area contributed by atoms with Gasteiger partial charge in [-0.15, -0.1) is 10.2 Å².